The van der Waals surface area contributed by atoms with Crippen molar-refractivity contribution in [2.75, 3.05) is 13.2 Å². The number of nitrogens with zero attached hydrogens (tertiary/aromatic N) is 1. The fourth-order valence-electron chi connectivity index (χ4n) is 3.87. The Labute approximate surface area is 184 Å². The molecule has 0 aliphatic carbocycles. The fourth-order valence-corrected chi connectivity index (χ4v) is 3.87. The van der Waals surface area contributed by atoms with E-state index in [9.17, 15) is 9.59 Å². The molecule has 0 bridgehead atoms. The summed E-state index contributed by atoms with van der Waals surface area (Å²) in [4.78, 5) is 25.9. The molecule has 2 aromatic rings. The third-order valence-electron chi connectivity index (χ3n) is 5.41. The molecular weight excluding hydrogens is 390 g/mol. The lowest BCUT2D eigenvalue weighted by molar-refractivity contribution is -0.124. The van der Waals surface area contributed by atoms with Crippen LogP contribution in [-0.2, 0) is 20.9 Å². The number of rotatable bonds is 10. The van der Waals surface area contributed by atoms with Crippen molar-refractivity contribution < 1.29 is 19.1 Å². The Hall–Kier alpha value is -2.92. The summed E-state index contributed by atoms with van der Waals surface area (Å²) in [6.07, 6.45) is 4.55. The Morgan fingerprint density at radius 1 is 1.10 bits per heavy atom. The first-order chi connectivity index (χ1) is 15.0. The molecule has 5 heteroatoms. The van der Waals surface area contributed by atoms with Crippen molar-refractivity contribution >= 4 is 12.0 Å². The number of hydrogen-bond acceptors (Lipinski definition) is 4. The highest BCUT2D eigenvalue weighted by molar-refractivity contribution is 5.99. The highest BCUT2D eigenvalue weighted by Crippen LogP contribution is 2.28. The average molecular weight is 422 g/mol. The zero-order valence-corrected chi connectivity index (χ0v) is 18.3. The van der Waals surface area contributed by atoms with Crippen LogP contribution in [0.15, 0.2) is 72.8 Å². The maximum atomic E-state index is 12.6. The van der Waals surface area contributed by atoms with Crippen molar-refractivity contribution in [2.45, 2.75) is 39.3 Å². The van der Waals surface area contributed by atoms with Crippen molar-refractivity contribution in [3.8, 4) is 0 Å². The van der Waals surface area contributed by atoms with Crippen LogP contribution in [0.4, 0.5) is 4.79 Å². The van der Waals surface area contributed by atoms with E-state index in [1.165, 1.54) is 16.5 Å². The molecule has 2 aromatic carbocycles. The summed E-state index contributed by atoms with van der Waals surface area (Å²) in [6.45, 7) is 5.88. The second-order valence-corrected chi connectivity index (χ2v) is 8.30. The number of ether oxygens (including phenoxy) is 2. The van der Waals surface area contributed by atoms with Gasteiger partial charge in [0.2, 0.25) is 0 Å². The number of carbonyl (C=O) groups is 2. The van der Waals surface area contributed by atoms with E-state index in [2.05, 4.69) is 26.0 Å². The van der Waals surface area contributed by atoms with Crippen molar-refractivity contribution in [3.63, 3.8) is 0 Å². The molecule has 0 N–H and O–H groups in total. The molecule has 0 aromatic heterocycles. The van der Waals surface area contributed by atoms with Gasteiger partial charge in [-0.2, -0.15) is 0 Å². The topological polar surface area (TPSA) is 55.8 Å². The average Bonchev–Trinajstić information content (AvgIpc) is 3.16. The third-order valence-corrected chi connectivity index (χ3v) is 5.41. The van der Waals surface area contributed by atoms with Gasteiger partial charge in [-0.3, -0.25) is 4.79 Å². The minimum Gasteiger partial charge on any atom is -0.446 e. The highest BCUT2D eigenvalue weighted by atomic mass is 16.6. The normalized spacial score (nSPS) is 18.2. The number of benzene rings is 2. The smallest absolute Gasteiger partial charge is 0.417 e. The summed E-state index contributed by atoms with van der Waals surface area (Å²) in [6, 6.07) is 19.3. The second kappa shape index (κ2) is 11.5. The van der Waals surface area contributed by atoms with Gasteiger partial charge in [0.15, 0.2) is 0 Å². The van der Waals surface area contributed by atoms with Crippen LogP contribution < -0.4 is 0 Å². The summed E-state index contributed by atoms with van der Waals surface area (Å²) in [5.74, 6) is 0.511. The van der Waals surface area contributed by atoms with Crippen LogP contribution >= 0.6 is 0 Å². The standard InChI is InChI=1S/C26H31NO4/c1-20(16-21(2)17-30-18-22-11-5-3-6-12-22)10-9-15-25(28)27-24(19-31-26(27)29)23-13-7-4-8-14-23/h3-9,11-15,20-21,24H,10,16-19H2,1-2H3/b15-9+/t20-,21+,24+/m1/s1. The summed E-state index contributed by atoms with van der Waals surface area (Å²) < 4.78 is 10.9. The van der Waals surface area contributed by atoms with Crippen molar-refractivity contribution in [2.24, 2.45) is 11.8 Å². The van der Waals surface area contributed by atoms with Gasteiger partial charge in [0.25, 0.3) is 5.91 Å². The predicted molar refractivity (Wildman–Crippen MR) is 120 cm³/mol. The molecule has 1 aliphatic heterocycles. The summed E-state index contributed by atoms with van der Waals surface area (Å²) in [5.41, 5.74) is 2.08. The van der Waals surface area contributed by atoms with Crippen LogP contribution in [-0.4, -0.2) is 30.1 Å². The summed E-state index contributed by atoms with van der Waals surface area (Å²) in [7, 11) is 0. The molecule has 164 valence electrons. The molecule has 0 spiro atoms. The van der Waals surface area contributed by atoms with Crippen molar-refractivity contribution in [1.82, 2.24) is 4.90 Å². The van der Waals surface area contributed by atoms with E-state index in [-0.39, 0.29) is 18.6 Å². The van der Waals surface area contributed by atoms with Crippen LogP contribution in [0.3, 0.4) is 0 Å². The molecule has 0 unspecified atom stereocenters. The SMILES string of the molecule is C[C@H](C/C=C/C(=O)N1C(=O)OC[C@H]1c1ccccc1)C[C@H](C)COCc1ccccc1. The van der Waals surface area contributed by atoms with Gasteiger partial charge in [-0.1, -0.05) is 80.6 Å². The molecule has 2 amide bonds. The molecule has 5 nitrogen and oxygen atoms in total. The number of imide groups is 1. The Kier molecular flexibility index (Phi) is 8.42. The Morgan fingerprint density at radius 3 is 2.48 bits per heavy atom. The van der Waals surface area contributed by atoms with E-state index < -0.39 is 6.09 Å². The first kappa shape index (κ1) is 22.8. The molecule has 1 fully saturated rings. The van der Waals surface area contributed by atoms with Crippen LogP contribution in [0.25, 0.3) is 0 Å². The van der Waals surface area contributed by atoms with E-state index in [1.807, 2.05) is 54.6 Å². The zero-order chi connectivity index (χ0) is 22.1. The first-order valence-electron chi connectivity index (χ1n) is 10.9. The second-order valence-electron chi connectivity index (χ2n) is 8.30. The Morgan fingerprint density at radius 2 is 1.77 bits per heavy atom. The van der Waals surface area contributed by atoms with Gasteiger partial charge >= 0.3 is 6.09 Å². The molecule has 3 atom stereocenters. The quantitative estimate of drug-likeness (QED) is 0.473. The maximum Gasteiger partial charge on any atom is 0.417 e. The van der Waals surface area contributed by atoms with Crippen molar-refractivity contribution in [3.05, 3.63) is 83.9 Å². The van der Waals surface area contributed by atoms with E-state index in [1.54, 1.807) is 0 Å². The van der Waals surface area contributed by atoms with Gasteiger partial charge in [0.1, 0.15) is 12.6 Å². The first-order valence-corrected chi connectivity index (χ1v) is 10.9. The van der Waals surface area contributed by atoms with Crippen molar-refractivity contribution in [1.29, 1.82) is 0 Å². The van der Waals surface area contributed by atoms with Crippen LogP contribution in [0, 0.1) is 11.8 Å². The van der Waals surface area contributed by atoms with Gasteiger partial charge in [-0.25, -0.2) is 9.69 Å². The van der Waals surface area contributed by atoms with Gasteiger partial charge < -0.3 is 9.47 Å². The van der Waals surface area contributed by atoms with Gasteiger partial charge in [0.05, 0.1) is 6.61 Å². The lowest BCUT2D eigenvalue weighted by Crippen LogP contribution is -2.32. The number of allylic oxidation sites excluding steroid dienone is 1. The summed E-state index contributed by atoms with van der Waals surface area (Å²) >= 11 is 0. The van der Waals surface area contributed by atoms with E-state index in [0.29, 0.717) is 25.0 Å². The predicted octanol–water partition coefficient (Wildman–Crippen LogP) is 5.53. The zero-order valence-electron chi connectivity index (χ0n) is 18.3. The minimum atomic E-state index is -0.583. The van der Waals surface area contributed by atoms with Crippen LogP contribution in [0.1, 0.15) is 43.9 Å². The number of carbonyl (C=O) groups excluding carboxylic acids is 2. The molecule has 1 aliphatic rings. The van der Waals surface area contributed by atoms with Crippen LogP contribution in [0.2, 0.25) is 0 Å². The number of cyclic esters (lactones) is 1. The van der Waals surface area contributed by atoms with Gasteiger partial charge in [-0.15, -0.1) is 0 Å². The van der Waals surface area contributed by atoms with Gasteiger partial charge in [0, 0.05) is 6.61 Å². The Balaban J connectivity index is 1.42. The maximum absolute atomic E-state index is 12.6. The van der Waals surface area contributed by atoms with Crippen LogP contribution in [0.5, 0.6) is 0 Å². The van der Waals surface area contributed by atoms with E-state index >= 15 is 0 Å². The summed E-state index contributed by atoms with van der Waals surface area (Å²) in [5, 5.41) is 0. The molecule has 1 saturated heterocycles. The third kappa shape index (κ3) is 6.79. The Bertz CT molecular complexity index is 865. The monoisotopic (exact) mass is 421 g/mol. The highest BCUT2D eigenvalue weighted by Gasteiger charge is 2.37. The molecule has 0 radical (unpaired) electrons. The minimum absolute atomic E-state index is 0.194. The molecule has 1 heterocycles. The number of hydrogen-bond donors (Lipinski definition) is 0. The fraction of sp³-hybridized carbons (Fsp3) is 0.385. The lowest BCUT2D eigenvalue weighted by Gasteiger charge is -2.18. The van der Waals surface area contributed by atoms with E-state index in [4.69, 9.17) is 9.47 Å². The molecule has 0 saturated carbocycles. The lowest BCUT2D eigenvalue weighted by atomic mass is 9.95. The largest absolute Gasteiger partial charge is 0.446 e. The number of amides is 2. The molecular formula is C26H31NO4. The van der Waals surface area contributed by atoms with E-state index in [0.717, 1.165) is 18.4 Å². The van der Waals surface area contributed by atoms with Gasteiger partial charge in [-0.05, 0) is 41.9 Å². The molecule has 3 rings (SSSR count). The molecule has 31 heavy (non-hydrogen) atoms.